The van der Waals surface area contributed by atoms with E-state index in [1.165, 1.54) is 12.3 Å². The van der Waals surface area contributed by atoms with E-state index in [-0.39, 0.29) is 41.3 Å². The second-order valence-electron chi connectivity index (χ2n) is 9.84. The van der Waals surface area contributed by atoms with Gasteiger partial charge in [-0.05, 0) is 75.5 Å². The van der Waals surface area contributed by atoms with Crippen LogP contribution in [0.3, 0.4) is 0 Å². The molecular weight excluding hydrogens is 481 g/mol. The summed E-state index contributed by atoms with van der Waals surface area (Å²) in [6.07, 6.45) is 0.337. The average molecular weight is 513 g/mol. The number of halogens is 3. The van der Waals surface area contributed by atoms with E-state index >= 15 is 0 Å². The van der Waals surface area contributed by atoms with Crippen LogP contribution < -0.4 is 15.4 Å². The van der Waals surface area contributed by atoms with Gasteiger partial charge in [-0.25, -0.2) is 0 Å². The number of alkyl halides is 3. The highest BCUT2D eigenvalue weighted by Crippen LogP contribution is 2.41. The number of piperidine rings is 1. The van der Waals surface area contributed by atoms with Crippen LogP contribution in [0.2, 0.25) is 0 Å². The number of benzene rings is 2. The standard InChI is InChI=1S/C28H31F3N4O2/c1-2-35-12-10-18(11-13-35)17-37-25-14-21-24(15-23(25)28(29,30)31)32-16-22(27(36)34-20-8-9-20)26(21)33-19-6-4-3-5-7-19/h3-7,14-16,18,20H,2,8-13,17H2,1H3,(H,32,33)(H,34,36). The van der Waals surface area contributed by atoms with Gasteiger partial charge in [0.25, 0.3) is 5.91 Å². The Balaban J connectivity index is 1.53. The van der Waals surface area contributed by atoms with Crippen molar-refractivity contribution in [3.8, 4) is 5.75 Å². The molecule has 1 aromatic heterocycles. The van der Waals surface area contributed by atoms with Gasteiger partial charge in [-0.3, -0.25) is 9.78 Å². The van der Waals surface area contributed by atoms with Crippen LogP contribution in [0.5, 0.6) is 5.75 Å². The number of pyridine rings is 1. The molecule has 1 aliphatic carbocycles. The Labute approximate surface area is 214 Å². The molecule has 37 heavy (non-hydrogen) atoms. The quantitative estimate of drug-likeness (QED) is 0.388. The lowest BCUT2D eigenvalue weighted by atomic mass is 9.98. The lowest BCUT2D eigenvalue weighted by Gasteiger charge is -2.31. The Kier molecular flexibility index (Phi) is 7.24. The second kappa shape index (κ2) is 10.6. The number of fused-ring (bicyclic) bond motifs is 1. The van der Waals surface area contributed by atoms with Crippen molar-refractivity contribution in [2.24, 2.45) is 5.92 Å². The van der Waals surface area contributed by atoms with Crippen molar-refractivity contribution in [1.29, 1.82) is 0 Å². The van der Waals surface area contributed by atoms with Crippen LogP contribution in [0, 0.1) is 5.92 Å². The van der Waals surface area contributed by atoms with Gasteiger partial charge in [-0.2, -0.15) is 13.2 Å². The molecule has 6 nitrogen and oxygen atoms in total. The summed E-state index contributed by atoms with van der Waals surface area (Å²) in [4.78, 5) is 19.6. The first-order valence-electron chi connectivity index (χ1n) is 12.8. The number of hydrogen-bond acceptors (Lipinski definition) is 5. The zero-order valence-corrected chi connectivity index (χ0v) is 20.8. The first-order chi connectivity index (χ1) is 17.8. The fourth-order valence-corrected chi connectivity index (χ4v) is 4.70. The third-order valence-corrected chi connectivity index (χ3v) is 7.10. The SMILES string of the molecule is CCN1CCC(COc2cc3c(Nc4ccccc4)c(C(=O)NC4CC4)cnc3cc2C(F)(F)F)CC1. The number of likely N-dealkylation sites (tertiary alicyclic amines) is 1. The summed E-state index contributed by atoms with van der Waals surface area (Å²) in [7, 11) is 0. The Morgan fingerprint density at radius 1 is 1.11 bits per heavy atom. The molecule has 2 fully saturated rings. The van der Waals surface area contributed by atoms with Gasteiger partial charge >= 0.3 is 6.18 Å². The van der Waals surface area contributed by atoms with E-state index in [2.05, 4.69) is 27.4 Å². The molecule has 2 heterocycles. The van der Waals surface area contributed by atoms with Crippen molar-refractivity contribution in [3.05, 3.63) is 59.8 Å². The number of carbonyl (C=O) groups is 1. The Morgan fingerprint density at radius 3 is 2.49 bits per heavy atom. The molecule has 3 aromatic rings. The topological polar surface area (TPSA) is 66.5 Å². The van der Waals surface area contributed by atoms with Gasteiger partial charge in [-0.15, -0.1) is 0 Å². The molecule has 0 radical (unpaired) electrons. The van der Waals surface area contributed by atoms with Crippen molar-refractivity contribution < 1.29 is 22.7 Å². The minimum Gasteiger partial charge on any atom is -0.493 e. The molecule has 1 saturated carbocycles. The van der Waals surface area contributed by atoms with Gasteiger partial charge in [0, 0.05) is 23.3 Å². The van der Waals surface area contributed by atoms with Crippen molar-refractivity contribution in [2.75, 3.05) is 31.6 Å². The number of amides is 1. The molecule has 2 aromatic carbocycles. The van der Waals surface area contributed by atoms with E-state index in [0.29, 0.717) is 16.8 Å². The summed E-state index contributed by atoms with van der Waals surface area (Å²) in [5, 5.41) is 6.60. The van der Waals surface area contributed by atoms with E-state index < -0.39 is 11.7 Å². The van der Waals surface area contributed by atoms with Crippen molar-refractivity contribution in [1.82, 2.24) is 15.2 Å². The number of rotatable bonds is 8. The molecule has 9 heteroatoms. The van der Waals surface area contributed by atoms with Crippen LogP contribution in [-0.4, -0.2) is 48.1 Å². The van der Waals surface area contributed by atoms with Crippen LogP contribution in [0.1, 0.15) is 48.5 Å². The molecule has 2 aliphatic rings. The van der Waals surface area contributed by atoms with E-state index in [1.807, 2.05) is 30.3 Å². The van der Waals surface area contributed by atoms with Crippen LogP contribution in [0.4, 0.5) is 24.5 Å². The molecule has 5 rings (SSSR count). The normalized spacial score (nSPS) is 17.1. The maximum absolute atomic E-state index is 14.0. The number of nitrogens with one attached hydrogen (secondary N) is 2. The highest BCUT2D eigenvalue weighted by Gasteiger charge is 2.36. The smallest absolute Gasteiger partial charge is 0.420 e. The summed E-state index contributed by atoms with van der Waals surface area (Å²) in [5.41, 5.74) is 0.669. The summed E-state index contributed by atoms with van der Waals surface area (Å²) < 4.78 is 48.0. The molecular formula is C28H31F3N4O2. The molecule has 196 valence electrons. The van der Waals surface area contributed by atoms with Crippen LogP contribution in [0.25, 0.3) is 10.9 Å². The maximum atomic E-state index is 14.0. The van der Waals surface area contributed by atoms with Gasteiger partial charge in [0.05, 0.1) is 28.9 Å². The molecule has 0 spiro atoms. The summed E-state index contributed by atoms with van der Waals surface area (Å²) in [5.74, 6) is -0.355. The Bertz CT molecular complexity index is 1250. The fraction of sp³-hybridized carbons (Fsp3) is 0.429. The minimum atomic E-state index is -4.61. The molecule has 2 N–H and O–H groups in total. The fourth-order valence-electron chi connectivity index (χ4n) is 4.70. The average Bonchev–Trinajstić information content (AvgIpc) is 3.71. The van der Waals surface area contributed by atoms with Crippen LogP contribution in [0.15, 0.2) is 48.7 Å². The first kappa shape index (κ1) is 25.3. The van der Waals surface area contributed by atoms with E-state index in [4.69, 9.17) is 4.74 Å². The van der Waals surface area contributed by atoms with Gasteiger partial charge in [-0.1, -0.05) is 25.1 Å². The van der Waals surface area contributed by atoms with Gasteiger partial charge in [0.1, 0.15) is 5.75 Å². The van der Waals surface area contributed by atoms with Gasteiger partial charge in [0.15, 0.2) is 0 Å². The number of nitrogens with zero attached hydrogens (tertiary/aromatic N) is 2. The molecule has 1 amide bonds. The summed E-state index contributed by atoms with van der Waals surface area (Å²) in [6.45, 7) is 5.13. The third kappa shape index (κ3) is 5.98. The summed E-state index contributed by atoms with van der Waals surface area (Å²) >= 11 is 0. The zero-order chi connectivity index (χ0) is 26.0. The van der Waals surface area contributed by atoms with E-state index in [0.717, 1.165) is 51.4 Å². The zero-order valence-electron chi connectivity index (χ0n) is 20.8. The number of ether oxygens (including phenoxy) is 1. The molecule has 1 aliphatic heterocycles. The maximum Gasteiger partial charge on any atom is 0.420 e. The number of para-hydroxylation sites is 1. The van der Waals surface area contributed by atoms with E-state index in [9.17, 15) is 18.0 Å². The molecule has 1 saturated heterocycles. The number of anilines is 2. The van der Waals surface area contributed by atoms with Crippen molar-refractivity contribution >= 4 is 28.2 Å². The van der Waals surface area contributed by atoms with Gasteiger partial charge in [0.2, 0.25) is 0 Å². The molecule has 0 atom stereocenters. The monoisotopic (exact) mass is 512 g/mol. The van der Waals surface area contributed by atoms with Crippen LogP contribution in [-0.2, 0) is 6.18 Å². The summed E-state index contributed by atoms with van der Waals surface area (Å²) in [6, 6.07) is 11.7. The predicted molar refractivity (Wildman–Crippen MR) is 137 cm³/mol. The Hall–Kier alpha value is -3.33. The molecule has 0 bridgehead atoms. The second-order valence-corrected chi connectivity index (χ2v) is 9.84. The largest absolute Gasteiger partial charge is 0.493 e. The predicted octanol–water partition coefficient (Wildman–Crippen LogP) is 6.00. The highest BCUT2D eigenvalue weighted by molar-refractivity contribution is 6.08. The lowest BCUT2D eigenvalue weighted by Crippen LogP contribution is -2.35. The minimum absolute atomic E-state index is 0.124. The van der Waals surface area contributed by atoms with E-state index in [1.54, 1.807) is 0 Å². The number of aromatic nitrogens is 1. The molecule has 0 unspecified atom stereocenters. The van der Waals surface area contributed by atoms with Gasteiger partial charge < -0.3 is 20.3 Å². The van der Waals surface area contributed by atoms with Crippen molar-refractivity contribution in [3.63, 3.8) is 0 Å². The van der Waals surface area contributed by atoms with Crippen molar-refractivity contribution in [2.45, 2.75) is 44.8 Å². The third-order valence-electron chi connectivity index (χ3n) is 7.10. The highest BCUT2D eigenvalue weighted by atomic mass is 19.4. The number of carbonyl (C=O) groups excluding carboxylic acids is 1. The first-order valence-corrected chi connectivity index (χ1v) is 12.8. The number of hydrogen-bond donors (Lipinski definition) is 2. The Morgan fingerprint density at radius 2 is 1.84 bits per heavy atom. The lowest BCUT2D eigenvalue weighted by molar-refractivity contribution is -0.139. The van der Waals surface area contributed by atoms with Crippen LogP contribution >= 0.6 is 0 Å².